The molecular formula is C23H27NO5S. The van der Waals surface area contributed by atoms with E-state index in [1.54, 1.807) is 30.3 Å². The van der Waals surface area contributed by atoms with Gasteiger partial charge in [0.25, 0.3) is 0 Å². The lowest BCUT2D eigenvalue weighted by atomic mass is 9.96. The molecule has 0 spiro atoms. The fourth-order valence-corrected chi connectivity index (χ4v) is 5.11. The molecule has 0 saturated heterocycles. The van der Waals surface area contributed by atoms with Crippen molar-refractivity contribution in [2.24, 2.45) is 0 Å². The first-order valence-corrected chi connectivity index (χ1v) is 11.5. The van der Waals surface area contributed by atoms with Crippen molar-refractivity contribution in [3.05, 3.63) is 59.7 Å². The highest BCUT2D eigenvalue weighted by molar-refractivity contribution is 7.89. The highest BCUT2D eigenvalue weighted by atomic mass is 32.2. The number of benzene rings is 2. The molecule has 2 aromatic rings. The van der Waals surface area contributed by atoms with Gasteiger partial charge in [-0.2, -0.15) is 0 Å². The molecule has 1 aliphatic carbocycles. The van der Waals surface area contributed by atoms with Crippen LogP contribution in [0.15, 0.2) is 53.4 Å². The monoisotopic (exact) mass is 429 g/mol. The minimum atomic E-state index is -3.81. The highest BCUT2D eigenvalue weighted by Gasteiger charge is 2.25. The smallest absolute Gasteiger partial charge is 0.241 e. The van der Waals surface area contributed by atoms with Crippen molar-refractivity contribution < 1.29 is 22.7 Å². The zero-order valence-corrected chi connectivity index (χ0v) is 18.1. The topological polar surface area (TPSA) is 81.7 Å². The van der Waals surface area contributed by atoms with Crippen molar-refractivity contribution in [1.82, 2.24) is 4.72 Å². The van der Waals surface area contributed by atoms with E-state index in [1.807, 2.05) is 6.07 Å². The summed E-state index contributed by atoms with van der Waals surface area (Å²) >= 11 is 0. The van der Waals surface area contributed by atoms with Gasteiger partial charge in [0.05, 0.1) is 19.1 Å². The van der Waals surface area contributed by atoms with Gasteiger partial charge >= 0.3 is 0 Å². The van der Waals surface area contributed by atoms with E-state index < -0.39 is 10.0 Å². The zero-order chi connectivity index (χ0) is 21.6. The molecule has 0 heterocycles. The average Bonchev–Trinajstić information content (AvgIpc) is 2.77. The van der Waals surface area contributed by atoms with Crippen molar-refractivity contribution in [1.29, 1.82) is 0 Å². The van der Waals surface area contributed by atoms with E-state index in [4.69, 9.17) is 9.47 Å². The van der Waals surface area contributed by atoms with Gasteiger partial charge in [-0.15, -0.1) is 0 Å². The molecule has 1 aliphatic rings. The zero-order valence-electron chi connectivity index (χ0n) is 17.3. The van der Waals surface area contributed by atoms with Crippen LogP contribution < -0.4 is 14.2 Å². The minimum absolute atomic E-state index is 0.0582. The molecule has 3 rings (SSSR count). The molecule has 2 aromatic carbocycles. The molecule has 1 N–H and O–H groups in total. The molecule has 0 atom stereocenters. The molecular weight excluding hydrogens is 402 g/mol. The molecule has 160 valence electrons. The first kappa shape index (κ1) is 22.1. The van der Waals surface area contributed by atoms with E-state index in [-0.39, 0.29) is 16.7 Å². The lowest BCUT2D eigenvalue weighted by molar-refractivity contribution is 0.104. The summed E-state index contributed by atoms with van der Waals surface area (Å²) in [6, 6.07) is 11.7. The van der Waals surface area contributed by atoms with E-state index >= 15 is 0 Å². The number of rotatable bonds is 8. The second-order valence-corrected chi connectivity index (χ2v) is 8.95. The SMILES string of the molecule is COc1cc(/C=C/C(=O)c2ccccc2)c(S(=O)(=O)NC2CCCCC2)cc1OC. The maximum Gasteiger partial charge on any atom is 0.241 e. The summed E-state index contributed by atoms with van der Waals surface area (Å²) in [4.78, 5) is 12.5. The van der Waals surface area contributed by atoms with Gasteiger partial charge in [0.15, 0.2) is 17.3 Å². The van der Waals surface area contributed by atoms with E-state index in [1.165, 1.54) is 32.4 Å². The van der Waals surface area contributed by atoms with Gasteiger partial charge in [-0.3, -0.25) is 4.79 Å². The Kier molecular flexibility index (Phi) is 7.29. The number of nitrogens with one attached hydrogen (secondary N) is 1. The number of sulfonamides is 1. The van der Waals surface area contributed by atoms with Gasteiger partial charge in [-0.05, 0) is 36.6 Å². The van der Waals surface area contributed by atoms with Crippen molar-refractivity contribution in [2.45, 2.75) is 43.0 Å². The van der Waals surface area contributed by atoms with Crippen LogP contribution in [-0.2, 0) is 10.0 Å². The highest BCUT2D eigenvalue weighted by Crippen LogP contribution is 2.34. The number of carbonyl (C=O) groups is 1. The molecule has 0 bridgehead atoms. The van der Waals surface area contributed by atoms with Crippen molar-refractivity contribution in [3.8, 4) is 11.5 Å². The molecule has 0 radical (unpaired) electrons. The number of methoxy groups -OCH3 is 2. The van der Waals surface area contributed by atoms with Gasteiger partial charge in [0.2, 0.25) is 10.0 Å². The molecule has 6 nitrogen and oxygen atoms in total. The van der Waals surface area contributed by atoms with Crippen LogP contribution >= 0.6 is 0 Å². The van der Waals surface area contributed by atoms with Gasteiger partial charge in [0.1, 0.15) is 0 Å². The van der Waals surface area contributed by atoms with Gasteiger partial charge in [-0.25, -0.2) is 13.1 Å². The standard InChI is InChI=1S/C23H27NO5S/c1-28-21-15-18(13-14-20(25)17-9-5-3-6-10-17)23(16-22(21)29-2)30(26,27)24-19-11-7-4-8-12-19/h3,5-6,9-10,13-16,19,24H,4,7-8,11-12H2,1-2H3/b14-13+. The first-order chi connectivity index (χ1) is 14.4. The Bertz CT molecular complexity index is 1010. The Morgan fingerprint density at radius 1 is 1.00 bits per heavy atom. The summed E-state index contributed by atoms with van der Waals surface area (Å²) in [6.45, 7) is 0. The summed E-state index contributed by atoms with van der Waals surface area (Å²) in [6.07, 6.45) is 7.68. The summed E-state index contributed by atoms with van der Waals surface area (Å²) in [7, 11) is -0.872. The molecule has 7 heteroatoms. The van der Waals surface area contributed by atoms with Crippen LogP contribution in [0.2, 0.25) is 0 Å². The molecule has 0 unspecified atom stereocenters. The summed E-state index contributed by atoms with van der Waals surface area (Å²) in [5.74, 6) is 0.489. The molecule has 0 aliphatic heterocycles. The third kappa shape index (κ3) is 5.29. The average molecular weight is 430 g/mol. The predicted molar refractivity (Wildman–Crippen MR) is 117 cm³/mol. The number of carbonyl (C=O) groups excluding carboxylic acids is 1. The van der Waals surface area contributed by atoms with Crippen molar-refractivity contribution >= 4 is 21.9 Å². The van der Waals surface area contributed by atoms with Crippen LogP contribution in [0.25, 0.3) is 6.08 Å². The molecule has 1 saturated carbocycles. The Labute approximate surface area is 178 Å². The maximum absolute atomic E-state index is 13.2. The number of hydrogen-bond acceptors (Lipinski definition) is 5. The first-order valence-electron chi connectivity index (χ1n) is 10.0. The third-order valence-electron chi connectivity index (χ3n) is 5.21. The van der Waals surface area contributed by atoms with Gasteiger partial charge < -0.3 is 9.47 Å². The van der Waals surface area contributed by atoms with Gasteiger partial charge in [0, 0.05) is 17.7 Å². The maximum atomic E-state index is 13.2. The Balaban J connectivity index is 1.98. The summed E-state index contributed by atoms with van der Waals surface area (Å²) in [5, 5.41) is 0. The lowest BCUT2D eigenvalue weighted by Gasteiger charge is -2.23. The number of hydrogen-bond donors (Lipinski definition) is 1. The molecule has 1 fully saturated rings. The van der Waals surface area contributed by atoms with E-state index in [0.29, 0.717) is 22.6 Å². The third-order valence-corrected chi connectivity index (χ3v) is 6.78. The number of allylic oxidation sites excluding steroid dienone is 1. The van der Waals surface area contributed by atoms with Crippen LogP contribution in [0.3, 0.4) is 0 Å². The van der Waals surface area contributed by atoms with Crippen LogP contribution in [0.1, 0.15) is 48.0 Å². The largest absolute Gasteiger partial charge is 0.493 e. The quantitative estimate of drug-likeness (QED) is 0.502. The Morgan fingerprint density at radius 2 is 1.63 bits per heavy atom. The molecule has 30 heavy (non-hydrogen) atoms. The number of ether oxygens (including phenoxy) is 2. The fourth-order valence-electron chi connectivity index (χ4n) is 3.61. The van der Waals surface area contributed by atoms with E-state index in [0.717, 1.165) is 32.1 Å². The molecule has 0 aromatic heterocycles. The van der Waals surface area contributed by atoms with Crippen LogP contribution in [0.4, 0.5) is 0 Å². The van der Waals surface area contributed by atoms with Crippen LogP contribution in [0.5, 0.6) is 11.5 Å². The normalized spacial score (nSPS) is 15.3. The van der Waals surface area contributed by atoms with Crippen LogP contribution in [-0.4, -0.2) is 34.5 Å². The van der Waals surface area contributed by atoms with Gasteiger partial charge in [-0.1, -0.05) is 49.6 Å². The summed E-state index contributed by atoms with van der Waals surface area (Å²) in [5.41, 5.74) is 0.888. The van der Waals surface area contributed by atoms with Crippen molar-refractivity contribution in [2.75, 3.05) is 14.2 Å². The van der Waals surface area contributed by atoms with E-state index in [9.17, 15) is 13.2 Å². The minimum Gasteiger partial charge on any atom is -0.493 e. The Morgan fingerprint density at radius 3 is 2.27 bits per heavy atom. The Hall–Kier alpha value is -2.64. The van der Waals surface area contributed by atoms with Crippen molar-refractivity contribution in [3.63, 3.8) is 0 Å². The number of ketones is 1. The fraction of sp³-hybridized carbons (Fsp3) is 0.348. The lowest BCUT2D eigenvalue weighted by Crippen LogP contribution is -2.36. The molecule has 0 amide bonds. The predicted octanol–water partition coefficient (Wildman–Crippen LogP) is 4.21. The second-order valence-electron chi connectivity index (χ2n) is 7.26. The second kappa shape index (κ2) is 9.91. The summed E-state index contributed by atoms with van der Waals surface area (Å²) < 4.78 is 39.8. The van der Waals surface area contributed by atoms with Crippen LogP contribution in [0, 0.1) is 0 Å². The van der Waals surface area contributed by atoms with E-state index in [2.05, 4.69) is 4.72 Å².